The van der Waals surface area contributed by atoms with E-state index in [1.165, 1.54) is 0 Å². The number of nitrogens with zero attached hydrogens (tertiary/aromatic N) is 1. The number of likely N-dealkylation sites (tertiary alicyclic amines) is 1. The molecule has 29 heavy (non-hydrogen) atoms. The van der Waals surface area contributed by atoms with Crippen LogP contribution in [0.4, 0.5) is 9.59 Å². The number of alkyl carbamates (subject to hydrolysis) is 1. The van der Waals surface area contributed by atoms with E-state index in [0.29, 0.717) is 13.1 Å². The largest absolute Gasteiger partial charge is 0.444 e. The summed E-state index contributed by atoms with van der Waals surface area (Å²) in [5.74, 6) is 0. The van der Waals surface area contributed by atoms with Gasteiger partial charge in [-0.15, -0.1) is 0 Å². The molecule has 1 N–H and O–H groups in total. The van der Waals surface area contributed by atoms with Crippen LogP contribution in [0, 0.1) is 0 Å². The van der Waals surface area contributed by atoms with Gasteiger partial charge in [-0.3, -0.25) is 0 Å². The topological polar surface area (TPSA) is 67.9 Å². The van der Waals surface area contributed by atoms with E-state index < -0.39 is 22.8 Å². The van der Waals surface area contributed by atoms with Crippen LogP contribution in [0.2, 0.25) is 0 Å². The minimum absolute atomic E-state index is 0.319. The molecule has 0 spiro atoms. The van der Waals surface area contributed by atoms with Crippen molar-refractivity contribution in [2.24, 2.45) is 0 Å². The number of hydrogen-bond acceptors (Lipinski definition) is 4. The fraction of sp³-hybridized carbons (Fsp3) is 0.478. The predicted octanol–water partition coefficient (Wildman–Crippen LogP) is 4.81. The molecule has 1 heterocycles. The van der Waals surface area contributed by atoms with Crippen molar-refractivity contribution in [1.29, 1.82) is 0 Å². The minimum Gasteiger partial charge on any atom is -0.444 e. The van der Waals surface area contributed by atoms with Gasteiger partial charge in [-0.1, -0.05) is 36.4 Å². The van der Waals surface area contributed by atoms with Gasteiger partial charge in [0.1, 0.15) is 16.7 Å². The Morgan fingerprint density at radius 2 is 1.48 bits per heavy atom. The highest BCUT2D eigenvalue weighted by molar-refractivity contribution is 5.84. The SMILES string of the molecule is CC(C)(C)OC(=O)NC1(c2ccc3ccccc3c2)CN(C(=O)OC(C)(C)C)C1. The number of hydrogen-bond donors (Lipinski definition) is 1. The first-order valence-corrected chi connectivity index (χ1v) is 9.85. The smallest absolute Gasteiger partial charge is 0.410 e. The van der Waals surface area contributed by atoms with Crippen LogP contribution in [0.3, 0.4) is 0 Å². The summed E-state index contributed by atoms with van der Waals surface area (Å²) in [7, 11) is 0. The van der Waals surface area contributed by atoms with Crippen LogP contribution in [0.1, 0.15) is 47.1 Å². The summed E-state index contributed by atoms with van der Waals surface area (Å²) in [5.41, 5.74) is -0.967. The van der Waals surface area contributed by atoms with E-state index in [2.05, 4.69) is 11.4 Å². The third-order valence-electron chi connectivity index (χ3n) is 4.62. The molecule has 6 nitrogen and oxygen atoms in total. The highest BCUT2D eigenvalue weighted by Crippen LogP contribution is 2.35. The molecule has 156 valence electrons. The fourth-order valence-corrected chi connectivity index (χ4v) is 3.38. The Morgan fingerprint density at radius 1 is 0.897 bits per heavy atom. The molecule has 1 saturated heterocycles. The van der Waals surface area contributed by atoms with E-state index in [0.717, 1.165) is 16.3 Å². The minimum atomic E-state index is -0.719. The molecule has 0 unspecified atom stereocenters. The average molecular weight is 399 g/mol. The molecule has 6 heteroatoms. The molecule has 0 atom stereocenters. The van der Waals surface area contributed by atoms with E-state index in [-0.39, 0.29) is 6.09 Å². The Balaban J connectivity index is 1.86. The standard InChI is InChI=1S/C23H30N2O4/c1-21(2,3)28-19(26)24-23(14-25(15-23)20(27)29-22(4,5)6)18-12-11-16-9-7-8-10-17(16)13-18/h7-13H,14-15H2,1-6H3,(H,24,26). The van der Waals surface area contributed by atoms with Crippen molar-refractivity contribution in [2.45, 2.75) is 58.3 Å². The van der Waals surface area contributed by atoms with E-state index in [9.17, 15) is 9.59 Å². The molecule has 3 rings (SSSR count). The second-order valence-corrected chi connectivity index (χ2v) is 9.61. The lowest BCUT2D eigenvalue weighted by Crippen LogP contribution is -2.69. The maximum absolute atomic E-state index is 12.5. The number of amides is 2. The van der Waals surface area contributed by atoms with Crippen LogP contribution < -0.4 is 5.32 Å². The lowest BCUT2D eigenvalue weighted by Gasteiger charge is -2.50. The van der Waals surface area contributed by atoms with Crippen LogP contribution in [-0.2, 0) is 15.0 Å². The summed E-state index contributed by atoms with van der Waals surface area (Å²) in [6.07, 6.45) is -0.894. The molecule has 2 aromatic carbocycles. The molecule has 1 fully saturated rings. The molecule has 2 aromatic rings. The quantitative estimate of drug-likeness (QED) is 0.788. The Kier molecular flexibility index (Phi) is 5.24. The Morgan fingerprint density at radius 3 is 2.07 bits per heavy atom. The van der Waals surface area contributed by atoms with Gasteiger partial charge in [0.25, 0.3) is 0 Å². The van der Waals surface area contributed by atoms with Crippen molar-refractivity contribution in [3.63, 3.8) is 0 Å². The molecule has 1 aliphatic heterocycles. The van der Waals surface area contributed by atoms with Gasteiger partial charge in [0.2, 0.25) is 0 Å². The summed E-state index contributed by atoms with van der Waals surface area (Å²) in [6.45, 7) is 11.6. The van der Waals surface area contributed by atoms with Gasteiger partial charge in [-0.05, 0) is 63.9 Å². The van der Waals surface area contributed by atoms with Gasteiger partial charge in [-0.25, -0.2) is 9.59 Å². The first kappa shape index (κ1) is 21.0. The maximum atomic E-state index is 12.5. The van der Waals surface area contributed by atoms with Gasteiger partial charge in [0, 0.05) is 0 Å². The lowest BCUT2D eigenvalue weighted by atomic mass is 9.81. The van der Waals surface area contributed by atoms with E-state index in [1.54, 1.807) is 4.90 Å². The molecule has 0 aliphatic carbocycles. The molecule has 0 saturated carbocycles. The lowest BCUT2D eigenvalue weighted by molar-refractivity contribution is -0.0229. The van der Waals surface area contributed by atoms with Crippen molar-refractivity contribution in [2.75, 3.05) is 13.1 Å². The van der Waals surface area contributed by atoms with E-state index in [4.69, 9.17) is 9.47 Å². The van der Waals surface area contributed by atoms with E-state index >= 15 is 0 Å². The van der Waals surface area contributed by atoms with Crippen LogP contribution in [0.25, 0.3) is 10.8 Å². The van der Waals surface area contributed by atoms with Crippen molar-refractivity contribution in [3.8, 4) is 0 Å². The van der Waals surface area contributed by atoms with Crippen LogP contribution >= 0.6 is 0 Å². The molecular weight excluding hydrogens is 368 g/mol. The van der Waals surface area contributed by atoms with Crippen LogP contribution in [-0.4, -0.2) is 41.4 Å². The Bertz CT molecular complexity index is 918. The van der Waals surface area contributed by atoms with Gasteiger partial charge in [0.15, 0.2) is 0 Å². The summed E-state index contributed by atoms with van der Waals surface area (Å²) in [5, 5.41) is 5.20. The first-order valence-electron chi connectivity index (χ1n) is 9.85. The third kappa shape index (κ3) is 5.00. The zero-order valence-corrected chi connectivity index (χ0v) is 18.0. The van der Waals surface area contributed by atoms with Crippen molar-refractivity contribution < 1.29 is 19.1 Å². The van der Waals surface area contributed by atoms with Gasteiger partial charge in [-0.2, -0.15) is 0 Å². The summed E-state index contributed by atoms with van der Waals surface area (Å²) in [4.78, 5) is 26.6. The van der Waals surface area contributed by atoms with Gasteiger partial charge < -0.3 is 19.7 Å². The highest BCUT2D eigenvalue weighted by Gasteiger charge is 2.49. The number of fused-ring (bicyclic) bond motifs is 1. The highest BCUT2D eigenvalue weighted by atomic mass is 16.6. The summed E-state index contributed by atoms with van der Waals surface area (Å²) < 4.78 is 10.9. The first-order chi connectivity index (χ1) is 13.4. The average Bonchev–Trinajstić information content (AvgIpc) is 2.54. The Labute approximate surface area is 172 Å². The second-order valence-electron chi connectivity index (χ2n) is 9.61. The number of ether oxygens (including phenoxy) is 2. The van der Waals surface area contributed by atoms with Gasteiger partial charge in [0.05, 0.1) is 13.1 Å². The number of carbonyl (C=O) groups excluding carboxylic acids is 2. The van der Waals surface area contributed by atoms with Gasteiger partial charge >= 0.3 is 12.2 Å². The molecule has 1 aliphatic rings. The monoisotopic (exact) mass is 398 g/mol. The Hall–Kier alpha value is -2.76. The second kappa shape index (κ2) is 7.25. The zero-order valence-electron chi connectivity index (χ0n) is 18.0. The molecule has 0 bridgehead atoms. The number of rotatable bonds is 2. The number of carbonyl (C=O) groups is 2. The molecule has 0 aromatic heterocycles. The predicted molar refractivity (Wildman–Crippen MR) is 113 cm³/mol. The van der Waals surface area contributed by atoms with Crippen LogP contribution in [0.5, 0.6) is 0 Å². The third-order valence-corrected chi connectivity index (χ3v) is 4.62. The molecule has 0 radical (unpaired) electrons. The van der Waals surface area contributed by atoms with Crippen molar-refractivity contribution in [3.05, 3.63) is 48.0 Å². The summed E-state index contributed by atoms with van der Waals surface area (Å²) in [6, 6.07) is 14.1. The number of nitrogens with one attached hydrogen (secondary N) is 1. The summed E-state index contributed by atoms with van der Waals surface area (Å²) >= 11 is 0. The maximum Gasteiger partial charge on any atom is 0.410 e. The van der Waals surface area contributed by atoms with Crippen molar-refractivity contribution >= 4 is 23.0 Å². The molecule has 2 amide bonds. The fourth-order valence-electron chi connectivity index (χ4n) is 3.38. The number of benzene rings is 2. The van der Waals surface area contributed by atoms with Crippen molar-refractivity contribution in [1.82, 2.24) is 10.2 Å². The molecular formula is C23H30N2O4. The van der Waals surface area contributed by atoms with E-state index in [1.807, 2.05) is 77.9 Å². The van der Waals surface area contributed by atoms with Crippen LogP contribution in [0.15, 0.2) is 42.5 Å². The zero-order chi connectivity index (χ0) is 21.4. The normalized spacial score (nSPS) is 16.1.